The van der Waals surface area contributed by atoms with Crippen molar-refractivity contribution in [3.8, 4) is 0 Å². The minimum atomic E-state index is -2.76. The fraction of sp³-hybridized carbons (Fsp3) is 0.529. The van der Waals surface area contributed by atoms with Crippen LogP contribution in [0.5, 0.6) is 0 Å². The van der Waals surface area contributed by atoms with Crippen LogP contribution in [0.2, 0.25) is 25.7 Å². The molecule has 1 amide bonds. The number of benzene rings is 1. The highest BCUT2D eigenvalue weighted by atomic mass is 79.9. The number of anilines is 1. The van der Waals surface area contributed by atoms with E-state index >= 15 is 0 Å². The highest BCUT2D eigenvalue weighted by molar-refractivity contribution is 9.10. The SMILES string of the molecule is CC(C)(C)OC(=O)N(C(OCC[Si](C)(C)C)=S(=O)=O)c1ccccc1Br. The largest absolute Gasteiger partial charge is 0.443 e. The molecule has 0 saturated carbocycles. The van der Waals surface area contributed by atoms with Crippen molar-refractivity contribution in [3.63, 3.8) is 0 Å². The lowest BCUT2D eigenvalue weighted by Gasteiger charge is -2.27. The lowest BCUT2D eigenvalue weighted by molar-refractivity contribution is 0.0596. The number of rotatable bonds is 4. The zero-order valence-electron chi connectivity index (χ0n) is 16.0. The molecule has 0 heterocycles. The first-order valence-corrected chi connectivity index (χ1v) is 13.8. The number of carbonyl (C=O) groups is 1. The van der Waals surface area contributed by atoms with Gasteiger partial charge in [0.15, 0.2) is 0 Å². The van der Waals surface area contributed by atoms with Crippen molar-refractivity contribution in [2.75, 3.05) is 11.5 Å². The normalized spacial score (nSPS) is 11.8. The van der Waals surface area contributed by atoms with E-state index in [1.54, 1.807) is 45.0 Å². The van der Waals surface area contributed by atoms with Crippen LogP contribution in [-0.2, 0) is 19.8 Å². The predicted octanol–water partition coefficient (Wildman–Crippen LogP) is 4.51. The summed E-state index contributed by atoms with van der Waals surface area (Å²) in [7, 11) is -4.19. The number of hydrogen-bond donors (Lipinski definition) is 0. The van der Waals surface area contributed by atoms with Crippen LogP contribution in [0.15, 0.2) is 28.7 Å². The van der Waals surface area contributed by atoms with Gasteiger partial charge in [-0.1, -0.05) is 31.8 Å². The first-order valence-electron chi connectivity index (χ1n) is 8.18. The highest BCUT2D eigenvalue weighted by Gasteiger charge is 2.30. The Bertz CT molecular complexity index is 773. The molecule has 0 fully saturated rings. The van der Waals surface area contributed by atoms with Crippen LogP contribution >= 0.6 is 15.9 Å². The van der Waals surface area contributed by atoms with Crippen LogP contribution in [0.25, 0.3) is 0 Å². The molecular formula is C17H26BrNO5SSi. The molecule has 0 bridgehead atoms. The van der Waals surface area contributed by atoms with Crippen molar-refractivity contribution in [2.45, 2.75) is 52.1 Å². The number of halogens is 1. The van der Waals surface area contributed by atoms with Crippen molar-refractivity contribution in [1.82, 2.24) is 0 Å². The van der Waals surface area contributed by atoms with E-state index in [-0.39, 0.29) is 6.61 Å². The average molecular weight is 464 g/mol. The maximum Gasteiger partial charge on any atom is 0.421 e. The van der Waals surface area contributed by atoms with Crippen molar-refractivity contribution < 1.29 is 22.7 Å². The van der Waals surface area contributed by atoms with Crippen molar-refractivity contribution in [3.05, 3.63) is 28.7 Å². The van der Waals surface area contributed by atoms with E-state index in [1.165, 1.54) is 0 Å². The van der Waals surface area contributed by atoms with Gasteiger partial charge in [0.2, 0.25) is 0 Å². The Balaban J connectivity index is 3.31. The second-order valence-corrected chi connectivity index (χ2v) is 15.2. The van der Waals surface area contributed by atoms with E-state index < -0.39 is 35.2 Å². The molecule has 26 heavy (non-hydrogen) atoms. The number of nitrogens with zero attached hydrogens (tertiary/aromatic N) is 1. The Morgan fingerprint density at radius 1 is 1.19 bits per heavy atom. The molecule has 0 spiro atoms. The minimum Gasteiger partial charge on any atom is -0.443 e. The molecule has 1 aromatic carbocycles. The summed E-state index contributed by atoms with van der Waals surface area (Å²) in [6.07, 6.45) is -0.823. The summed E-state index contributed by atoms with van der Waals surface area (Å²) < 4.78 is 35.1. The quantitative estimate of drug-likeness (QED) is 0.484. The molecule has 0 radical (unpaired) electrons. The monoisotopic (exact) mass is 463 g/mol. The summed E-state index contributed by atoms with van der Waals surface area (Å²) in [5.41, 5.74) is -0.460. The second-order valence-electron chi connectivity index (χ2n) is 7.93. The zero-order chi connectivity index (χ0) is 20.1. The van der Waals surface area contributed by atoms with Gasteiger partial charge in [-0.25, -0.2) is 9.69 Å². The van der Waals surface area contributed by atoms with Gasteiger partial charge >= 0.3 is 6.09 Å². The Hall–Kier alpha value is -1.16. The molecule has 0 N–H and O–H groups in total. The van der Waals surface area contributed by atoms with E-state index in [2.05, 4.69) is 35.6 Å². The summed E-state index contributed by atoms with van der Waals surface area (Å²) in [5, 5.41) is -0.468. The lowest BCUT2D eigenvalue weighted by Crippen LogP contribution is -2.43. The van der Waals surface area contributed by atoms with Crippen molar-refractivity contribution in [1.29, 1.82) is 0 Å². The molecule has 0 saturated heterocycles. The van der Waals surface area contributed by atoms with Gasteiger partial charge in [-0.3, -0.25) is 0 Å². The molecule has 1 rings (SSSR count). The van der Waals surface area contributed by atoms with Gasteiger partial charge in [0.1, 0.15) is 5.60 Å². The van der Waals surface area contributed by atoms with Gasteiger partial charge in [0.25, 0.3) is 15.5 Å². The number of carbonyl (C=O) groups excluding carboxylic acids is 1. The van der Waals surface area contributed by atoms with Gasteiger partial charge in [-0.2, -0.15) is 8.42 Å². The second kappa shape index (κ2) is 9.16. The first-order chi connectivity index (χ1) is 11.8. The van der Waals surface area contributed by atoms with E-state index in [1.807, 2.05) is 0 Å². The van der Waals surface area contributed by atoms with Crippen LogP contribution in [-0.4, -0.2) is 40.0 Å². The fourth-order valence-electron chi connectivity index (χ4n) is 1.84. The predicted molar refractivity (Wildman–Crippen MR) is 111 cm³/mol. The van der Waals surface area contributed by atoms with Gasteiger partial charge in [0, 0.05) is 12.5 Å². The molecule has 0 aliphatic carbocycles. The van der Waals surface area contributed by atoms with Crippen molar-refractivity contribution >= 4 is 51.3 Å². The Labute approximate surface area is 166 Å². The van der Waals surface area contributed by atoms with Gasteiger partial charge < -0.3 is 9.47 Å². The maximum atomic E-state index is 12.7. The zero-order valence-corrected chi connectivity index (χ0v) is 19.4. The molecule has 0 aliphatic heterocycles. The van der Waals surface area contributed by atoms with Crippen LogP contribution < -0.4 is 4.90 Å². The van der Waals surface area contributed by atoms with Gasteiger partial charge in [-0.05, 0) is 54.9 Å². The Kier molecular flexibility index (Phi) is 8.06. The summed E-state index contributed by atoms with van der Waals surface area (Å²) in [5.74, 6) is 0. The third kappa shape index (κ3) is 7.61. The van der Waals surface area contributed by atoms with Gasteiger partial charge in [0.05, 0.1) is 12.3 Å². The lowest BCUT2D eigenvalue weighted by atomic mass is 10.2. The third-order valence-electron chi connectivity index (χ3n) is 3.07. The molecule has 1 aromatic rings. The molecule has 0 aliphatic rings. The standard InChI is InChI=1S/C17H26BrNO5SSi/c1-17(2,3)24-15(20)19(14-10-8-7-9-13(14)18)16(25(21)22)23-11-12-26(4,5)6/h7-10H,11-12H2,1-6H3. The average Bonchev–Trinajstić information content (AvgIpc) is 2.44. The molecule has 6 nitrogen and oxygen atoms in total. The summed E-state index contributed by atoms with van der Waals surface area (Å²) in [6, 6.07) is 7.54. The fourth-order valence-corrected chi connectivity index (χ4v) is 3.52. The maximum absolute atomic E-state index is 12.7. The van der Waals surface area contributed by atoms with Crippen LogP contribution in [0.4, 0.5) is 10.5 Å². The van der Waals surface area contributed by atoms with E-state index in [4.69, 9.17) is 9.47 Å². The van der Waals surface area contributed by atoms with Gasteiger partial charge in [-0.15, -0.1) is 0 Å². The van der Waals surface area contributed by atoms with Crippen molar-refractivity contribution in [2.24, 2.45) is 0 Å². The molecule has 0 unspecified atom stereocenters. The molecule has 0 aromatic heterocycles. The smallest absolute Gasteiger partial charge is 0.421 e. The molecule has 9 heteroatoms. The highest BCUT2D eigenvalue weighted by Crippen LogP contribution is 2.28. The van der Waals surface area contributed by atoms with Crippen LogP contribution in [0, 0.1) is 0 Å². The molecule has 0 atom stereocenters. The summed E-state index contributed by atoms with van der Waals surface area (Å²) in [6.45, 7) is 11.8. The Morgan fingerprint density at radius 3 is 2.23 bits per heavy atom. The molecule has 146 valence electrons. The third-order valence-corrected chi connectivity index (χ3v) is 6.03. The number of hydrogen-bond acceptors (Lipinski definition) is 5. The van der Waals surface area contributed by atoms with Crippen LogP contribution in [0.3, 0.4) is 0 Å². The Morgan fingerprint density at radius 2 is 1.77 bits per heavy atom. The van der Waals surface area contributed by atoms with Crippen LogP contribution in [0.1, 0.15) is 20.8 Å². The van der Waals surface area contributed by atoms with E-state index in [0.29, 0.717) is 10.2 Å². The first kappa shape index (κ1) is 22.9. The number of para-hydroxylation sites is 1. The van der Waals surface area contributed by atoms with E-state index in [0.717, 1.165) is 10.9 Å². The summed E-state index contributed by atoms with van der Waals surface area (Å²) in [4.78, 5) is 13.7. The summed E-state index contributed by atoms with van der Waals surface area (Å²) >= 11 is 3.35. The number of amides is 1. The minimum absolute atomic E-state index is 0.211. The topological polar surface area (TPSA) is 72.9 Å². The number of ether oxygens (including phenoxy) is 2. The molecular weight excluding hydrogens is 438 g/mol. The van der Waals surface area contributed by atoms with E-state index in [9.17, 15) is 13.2 Å².